The van der Waals surface area contributed by atoms with E-state index < -0.39 is 29.3 Å². The van der Waals surface area contributed by atoms with E-state index in [1.165, 1.54) is 12.1 Å². The lowest BCUT2D eigenvalue weighted by Crippen LogP contribution is -2.56. The summed E-state index contributed by atoms with van der Waals surface area (Å²) in [6, 6.07) is 6.00. The van der Waals surface area contributed by atoms with Crippen molar-refractivity contribution in [3.63, 3.8) is 0 Å². The molecule has 0 saturated carbocycles. The Bertz CT molecular complexity index is 1910. The van der Waals surface area contributed by atoms with E-state index in [1.807, 2.05) is 23.9 Å². The lowest BCUT2D eigenvalue weighted by Gasteiger charge is -2.41. The fourth-order valence-electron chi connectivity index (χ4n) is 6.68. The summed E-state index contributed by atoms with van der Waals surface area (Å²) < 4.78 is 37.0. The number of pyridine rings is 1. The first kappa shape index (κ1) is 32.5. The zero-order valence-electron chi connectivity index (χ0n) is 26.2. The number of carbonyl (C=O) groups is 1. The highest BCUT2D eigenvalue weighted by molar-refractivity contribution is 6.35. The summed E-state index contributed by atoms with van der Waals surface area (Å²) in [5, 5.41) is 11.0. The van der Waals surface area contributed by atoms with Crippen LogP contribution in [0.1, 0.15) is 18.0 Å². The number of benzene rings is 2. The number of amides is 1. The monoisotopic (exact) mass is 661 g/mol. The van der Waals surface area contributed by atoms with E-state index in [0.29, 0.717) is 29.7 Å². The van der Waals surface area contributed by atoms with Gasteiger partial charge >= 0.3 is 0 Å². The third-order valence-corrected chi connectivity index (χ3v) is 9.30. The Kier molecular flexibility index (Phi) is 9.20. The Labute approximate surface area is 276 Å². The third kappa shape index (κ3) is 6.05. The fourth-order valence-corrected chi connectivity index (χ4v) is 6.97. The van der Waals surface area contributed by atoms with Gasteiger partial charge in [-0.05, 0) is 51.8 Å². The predicted octanol–water partition coefficient (Wildman–Crippen LogP) is 4.17. The van der Waals surface area contributed by atoms with E-state index in [-0.39, 0.29) is 66.2 Å². The number of nitrogens with zero attached hydrogens (tertiary/aromatic N) is 7. The minimum absolute atomic E-state index is 0.0194. The second-order valence-electron chi connectivity index (χ2n) is 12.3. The summed E-state index contributed by atoms with van der Waals surface area (Å²) in [6.45, 7) is 11.3. The smallest absolute Gasteiger partial charge is 0.271 e. The largest absolute Gasteiger partial charge is 0.488 e. The number of nitriles is 1. The minimum atomic E-state index is -0.834. The molecule has 244 valence electrons. The highest BCUT2D eigenvalue weighted by Gasteiger charge is 2.38. The maximum Gasteiger partial charge on any atom is 0.271 e. The number of likely N-dealkylation sites (N-methyl/N-ethyl adjacent to an activating group) is 1. The first-order chi connectivity index (χ1) is 22.6. The van der Waals surface area contributed by atoms with Crippen molar-refractivity contribution < 1.29 is 18.3 Å². The van der Waals surface area contributed by atoms with Crippen LogP contribution in [0, 0.1) is 29.5 Å². The lowest BCUT2D eigenvalue weighted by atomic mass is 9.96. The van der Waals surface area contributed by atoms with Crippen LogP contribution < -0.4 is 15.2 Å². The highest BCUT2D eigenvalue weighted by atomic mass is 35.5. The van der Waals surface area contributed by atoms with Crippen molar-refractivity contribution in [3.05, 3.63) is 80.4 Å². The van der Waals surface area contributed by atoms with Crippen LogP contribution >= 0.6 is 11.6 Å². The highest BCUT2D eigenvalue weighted by Crippen LogP contribution is 2.48. The number of halogens is 3. The van der Waals surface area contributed by atoms with Gasteiger partial charge in [0, 0.05) is 61.4 Å². The maximum atomic E-state index is 15.2. The number of hydrogen-bond donors (Lipinski definition) is 0. The Balaban J connectivity index is 1.52. The van der Waals surface area contributed by atoms with Crippen LogP contribution in [-0.4, -0.2) is 104 Å². The van der Waals surface area contributed by atoms with E-state index in [9.17, 15) is 19.2 Å². The summed E-state index contributed by atoms with van der Waals surface area (Å²) in [6.07, 6.45) is 4.32. The zero-order chi connectivity index (χ0) is 33.4. The first-order valence-electron chi connectivity index (χ1n) is 15.5. The van der Waals surface area contributed by atoms with E-state index >= 15 is 4.39 Å². The van der Waals surface area contributed by atoms with Gasteiger partial charge in [-0.25, -0.2) is 15.4 Å². The molecule has 47 heavy (non-hydrogen) atoms. The van der Waals surface area contributed by atoms with E-state index in [4.69, 9.17) is 22.9 Å². The molecular weight excluding hydrogens is 628 g/mol. The van der Waals surface area contributed by atoms with Crippen LogP contribution in [0.15, 0.2) is 41.2 Å². The minimum Gasteiger partial charge on any atom is -0.488 e. The van der Waals surface area contributed by atoms with Crippen LogP contribution in [0.25, 0.3) is 26.9 Å². The molecule has 0 aliphatic carbocycles. The summed E-state index contributed by atoms with van der Waals surface area (Å²) in [4.78, 5) is 38.7. The normalized spacial score (nSPS) is 19.5. The number of aromatic nitrogens is 1. The van der Waals surface area contributed by atoms with Crippen molar-refractivity contribution in [1.29, 1.82) is 5.26 Å². The van der Waals surface area contributed by atoms with Gasteiger partial charge in [-0.3, -0.25) is 14.2 Å². The average Bonchev–Trinajstić information content (AvgIpc) is 3.01. The molecule has 2 atom stereocenters. The molecule has 0 radical (unpaired) electrons. The first-order valence-corrected chi connectivity index (χ1v) is 15.9. The van der Waals surface area contributed by atoms with Gasteiger partial charge in [-0.15, -0.1) is 0 Å². The number of hydrogen-bond acceptors (Lipinski definition) is 7. The Morgan fingerprint density at radius 3 is 2.66 bits per heavy atom. The second-order valence-corrected chi connectivity index (χ2v) is 12.8. The standard InChI is InChI=1S/C34H34ClF2N7O3/c1-39-17-22-19-42(12-13-43(22)29(45)6-4-9-40(2)3)31-25-15-27(35)30(24-8-7-21(36)14-28(24)37)33-32(25)44(34(46)26(31)16-38)23(20-47-33)18-41-10-5-11-41/h4,6-8,14-15,22-23H,5,9-13,17-20H2,2-3H3/b6-4+/t22-,23?/m0/s1. The average molecular weight is 662 g/mol. The van der Waals surface area contributed by atoms with E-state index in [0.717, 1.165) is 31.6 Å². The summed E-state index contributed by atoms with van der Waals surface area (Å²) in [7, 11) is 3.79. The molecule has 1 amide bonds. The van der Waals surface area contributed by atoms with Gasteiger partial charge in [0.05, 0.1) is 22.3 Å². The molecule has 2 saturated heterocycles. The molecule has 3 aromatic rings. The van der Waals surface area contributed by atoms with Gasteiger partial charge in [-0.2, -0.15) is 5.26 Å². The molecule has 1 aromatic heterocycles. The van der Waals surface area contributed by atoms with Crippen molar-refractivity contribution in [2.45, 2.75) is 18.5 Å². The Hall–Kier alpha value is -4.49. The topological polar surface area (TPSA) is 89.4 Å². The van der Waals surface area contributed by atoms with Crippen LogP contribution in [0.3, 0.4) is 0 Å². The maximum absolute atomic E-state index is 15.2. The van der Waals surface area contributed by atoms with Crippen LogP contribution in [-0.2, 0) is 4.79 Å². The molecule has 0 N–H and O–H groups in total. The number of rotatable bonds is 8. The molecule has 6 rings (SSSR count). The van der Waals surface area contributed by atoms with Crippen molar-refractivity contribution in [3.8, 4) is 22.9 Å². The van der Waals surface area contributed by atoms with Gasteiger partial charge < -0.3 is 29.2 Å². The van der Waals surface area contributed by atoms with Crippen LogP contribution in [0.5, 0.6) is 5.75 Å². The van der Waals surface area contributed by atoms with Crippen LogP contribution in [0.4, 0.5) is 14.5 Å². The van der Waals surface area contributed by atoms with Crippen molar-refractivity contribution in [2.24, 2.45) is 0 Å². The number of carbonyl (C=O) groups excluding carboxylic acids is 1. The third-order valence-electron chi connectivity index (χ3n) is 9.00. The molecule has 3 aliphatic heterocycles. The molecule has 0 bridgehead atoms. The summed E-state index contributed by atoms with van der Waals surface area (Å²) in [5.74, 6) is -1.61. The van der Waals surface area contributed by atoms with Crippen molar-refractivity contribution in [2.75, 3.05) is 78.0 Å². The SMILES string of the molecule is [C-]#[N+]C[C@H]1CN(c2c(C#N)c(=O)n3c4c(c(-c5ccc(F)cc5F)c(Cl)cc24)OCC3CN2CCC2)CCN1C(=O)/C=C/CN(C)C. The number of anilines is 1. The molecular formula is C34H34ClF2N7O3. The molecule has 3 aliphatic rings. The predicted molar refractivity (Wildman–Crippen MR) is 176 cm³/mol. The molecule has 2 aromatic carbocycles. The Morgan fingerprint density at radius 1 is 1.21 bits per heavy atom. The quantitative estimate of drug-likeness (QED) is 0.265. The summed E-state index contributed by atoms with van der Waals surface area (Å²) >= 11 is 6.88. The van der Waals surface area contributed by atoms with Gasteiger partial charge in [0.25, 0.3) is 5.56 Å². The van der Waals surface area contributed by atoms with E-state index in [1.54, 1.807) is 21.6 Å². The van der Waals surface area contributed by atoms with E-state index in [2.05, 4.69) is 15.8 Å². The second kappa shape index (κ2) is 13.3. The van der Waals surface area contributed by atoms with Gasteiger partial charge in [0.1, 0.15) is 35.9 Å². The number of ether oxygens (including phenoxy) is 1. The number of likely N-dealkylation sites (tertiary alicyclic amines) is 1. The van der Waals surface area contributed by atoms with Gasteiger partial charge in [0.2, 0.25) is 12.5 Å². The van der Waals surface area contributed by atoms with Crippen LogP contribution in [0.2, 0.25) is 5.02 Å². The fraction of sp³-hybridized carbons (Fsp3) is 0.412. The Morgan fingerprint density at radius 2 is 2.00 bits per heavy atom. The van der Waals surface area contributed by atoms with Crippen molar-refractivity contribution in [1.82, 2.24) is 19.3 Å². The molecule has 0 spiro atoms. The molecule has 4 heterocycles. The van der Waals surface area contributed by atoms with Gasteiger partial charge in [-0.1, -0.05) is 17.7 Å². The molecule has 10 nitrogen and oxygen atoms in total. The molecule has 2 fully saturated rings. The molecule has 1 unspecified atom stereocenters. The zero-order valence-corrected chi connectivity index (χ0v) is 26.9. The number of piperazine rings is 1. The lowest BCUT2D eigenvalue weighted by molar-refractivity contribution is -0.128. The molecule has 13 heteroatoms. The summed E-state index contributed by atoms with van der Waals surface area (Å²) in [5.41, 5.74) is 0.319. The van der Waals surface area contributed by atoms with Crippen molar-refractivity contribution >= 4 is 34.1 Å². The van der Waals surface area contributed by atoms with Gasteiger partial charge in [0.15, 0.2) is 5.75 Å².